The molecule has 1 aromatic heterocycles. The lowest BCUT2D eigenvalue weighted by atomic mass is 10.1. The molecule has 6 heteroatoms. The third-order valence-corrected chi connectivity index (χ3v) is 5.74. The summed E-state index contributed by atoms with van der Waals surface area (Å²) in [6.45, 7) is 3.65. The fourth-order valence-corrected chi connectivity index (χ4v) is 4.37. The Balaban J connectivity index is 0.00000140. The summed E-state index contributed by atoms with van der Waals surface area (Å²) in [5, 5.41) is 1.01. The Morgan fingerprint density at radius 1 is 0.821 bits per heavy atom. The van der Waals surface area contributed by atoms with E-state index in [4.69, 9.17) is 4.98 Å². The van der Waals surface area contributed by atoms with Crippen LogP contribution >= 0.6 is 36.6 Å². The number of halogens is 2. The van der Waals surface area contributed by atoms with Gasteiger partial charge in [-0.3, -0.25) is 0 Å². The number of aromatic amines is 1. The fraction of sp³-hybridized carbons (Fsp3) is 0.318. The number of nitrogens with zero attached hydrogens (tertiary/aromatic N) is 2. The molecule has 2 aromatic carbocycles. The molecule has 150 valence electrons. The van der Waals surface area contributed by atoms with Gasteiger partial charge in [-0.1, -0.05) is 78.8 Å². The SMILES string of the molecule is Cl.Cl.c1ccc(-c2nc(SCCN3CCCCC3)[nH]c2-c2ccccc2)cc1. The summed E-state index contributed by atoms with van der Waals surface area (Å²) in [5.41, 5.74) is 4.49. The van der Waals surface area contributed by atoms with Gasteiger partial charge in [0.25, 0.3) is 0 Å². The van der Waals surface area contributed by atoms with Gasteiger partial charge in [-0.25, -0.2) is 4.98 Å². The van der Waals surface area contributed by atoms with Gasteiger partial charge in [-0.15, -0.1) is 24.8 Å². The van der Waals surface area contributed by atoms with Crippen molar-refractivity contribution in [2.45, 2.75) is 24.4 Å². The molecule has 28 heavy (non-hydrogen) atoms. The Kier molecular flexibility index (Phi) is 9.39. The molecular formula is C22H27Cl2N3S. The fourth-order valence-electron chi connectivity index (χ4n) is 3.49. The predicted octanol–water partition coefficient (Wildman–Crippen LogP) is 6.17. The zero-order chi connectivity index (χ0) is 17.6. The average molecular weight is 436 g/mol. The largest absolute Gasteiger partial charge is 0.332 e. The van der Waals surface area contributed by atoms with Crippen molar-refractivity contribution in [2.75, 3.05) is 25.4 Å². The van der Waals surface area contributed by atoms with E-state index in [0.717, 1.165) is 34.4 Å². The monoisotopic (exact) mass is 435 g/mol. The lowest BCUT2D eigenvalue weighted by Gasteiger charge is -2.25. The first-order chi connectivity index (χ1) is 12.9. The van der Waals surface area contributed by atoms with Gasteiger partial charge in [0, 0.05) is 23.4 Å². The number of aromatic nitrogens is 2. The molecule has 0 atom stereocenters. The van der Waals surface area contributed by atoms with Crippen LogP contribution in [0.2, 0.25) is 0 Å². The van der Waals surface area contributed by atoms with Crippen molar-refractivity contribution < 1.29 is 0 Å². The van der Waals surface area contributed by atoms with Crippen molar-refractivity contribution in [3.8, 4) is 22.5 Å². The molecule has 0 amide bonds. The maximum absolute atomic E-state index is 4.93. The normalized spacial score (nSPS) is 14.1. The molecule has 1 aliphatic heterocycles. The first-order valence-electron chi connectivity index (χ1n) is 9.46. The number of benzene rings is 2. The number of H-pyrrole nitrogens is 1. The van der Waals surface area contributed by atoms with E-state index in [-0.39, 0.29) is 24.8 Å². The number of thioether (sulfide) groups is 1. The Labute approximate surface area is 184 Å². The van der Waals surface area contributed by atoms with Crippen LogP contribution in [0.5, 0.6) is 0 Å². The molecule has 0 bridgehead atoms. The molecule has 1 fully saturated rings. The second kappa shape index (κ2) is 11.5. The third-order valence-electron chi connectivity index (χ3n) is 4.89. The predicted molar refractivity (Wildman–Crippen MR) is 125 cm³/mol. The number of piperidine rings is 1. The lowest BCUT2D eigenvalue weighted by molar-refractivity contribution is 0.242. The van der Waals surface area contributed by atoms with Crippen LogP contribution in [0.15, 0.2) is 65.8 Å². The van der Waals surface area contributed by atoms with Crippen LogP contribution in [0.4, 0.5) is 0 Å². The zero-order valence-corrected chi connectivity index (χ0v) is 18.3. The minimum Gasteiger partial charge on any atom is -0.332 e. The van der Waals surface area contributed by atoms with Gasteiger partial charge in [0.1, 0.15) is 0 Å². The maximum Gasteiger partial charge on any atom is 0.166 e. The second-order valence-electron chi connectivity index (χ2n) is 6.75. The minimum absolute atomic E-state index is 0. The Morgan fingerprint density at radius 2 is 1.43 bits per heavy atom. The van der Waals surface area contributed by atoms with Crippen LogP contribution in [-0.4, -0.2) is 40.3 Å². The molecule has 2 heterocycles. The van der Waals surface area contributed by atoms with Gasteiger partial charge in [0.05, 0.1) is 11.4 Å². The van der Waals surface area contributed by atoms with Crippen LogP contribution in [0.1, 0.15) is 19.3 Å². The number of imidazole rings is 1. The Hall–Kier alpha value is -1.46. The van der Waals surface area contributed by atoms with Crippen molar-refractivity contribution in [3.63, 3.8) is 0 Å². The van der Waals surface area contributed by atoms with Crippen molar-refractivity contribution >= 4 is 36.6 Å². The average Bonchev–Trinajstić information content (AvgIpc) is 3.14. The third kappa shape index (κ3) is 5.77. The topological polar surface area (TPSA) is 31.9 Å². The number of likely N-dealkylation sites (tertiary alicyclic amines) is 1. The van der Waals surface area contributed by atoms with Crippen molar-refractivity contribution in [1.82, 2.24) is 14.9 Å². The van der Waals surface area contributed by atoms with E-state index in [1.54, 1.807) is 0 Å². The smallest absolute Gasteiger partial charge is 0.166 e. The highest BCUT2D eigenvalue weighted by Gasteiger charge is 2.15. The molecule has 0 radical (unpaired) electrons. The molecule has 4 rings (SSSR count). The summed E-state index contributed by atoms with van der Waals surface area (Å²) in [6.07, 6.45) is 4.09. The molecule has 0 saturated carbocycles. The van der Waals surface area contributed by atoms with Gasteiger partial charge in [0.2, 0.25) is 0 Å². The Bertz CT molecular complexity index is 761. The maximum atomic E-state index is 4.93. The second-order valence-corrected chi connectivity index (χ2v) is 7.83. The minimum atomic E-state index is 0. The summed E-state index contributed by atoms with van der Waals surface area (Å²) in [5.74, 6) is 1.08. The van der Waals surface area contributed by atoms with E-state index < -0.39 is 0 Å². The van der Waals surface area contributed by atoms with Gasteiger partial charge in [-0.2, -0.15) is 0 Å². The van der Waals surface area contributed by atoms with Gasteiger partial charge in [0.15, 0.2) is 5.16 Å². The van der Waals surface area contributed by atoms with Crippen LogP contribution in [-0.2, 0) is 0 Å². The van der Waals surface area contributed by atoms with Crippen LogP contribution in [0.3, 0.4) is 0 Å². The van der Waals surface area contributed by atoms with E-state index in [1.165, 1.54) is 37.9 Å². The lowest BCUT2D eigenvalue weighted by Crippen LogP contribution is -2.31. The molecular weight excluding hydrogens is 409 g/mol. The first-order valence-corrected chi connectivity index (χ1v) is 10.4. The van der Waals surface area contributed by atoms with Crippen LogP contribution in [0.25, 0.3) is 22.5 Å². The summed E-state index contributed by atoms with van der Waals surface area (Å²) < 4.78 is 0. The highest BCUT2D eigenvalue weighted by molar-refractivity contribution is 7.99. The highest BCUT2D eigenvalue weighted by atomic mass is 35.5. The van der Waals surface area contributed by atoms with Crippen molar-refractivity contribution in [1.29, 1.82) is 0 Å². The summed E-state index contributed by atoms with van der Waals surface area (Å²) >= 11 is 1.83. The quantitative estimate of drug-likeness (QED) is 0.470. The molecule has 1 aliphatic rings. The Morgan fingerprint density at radius 3 is 2.07 bits per heavy atom. The first kappa shape index (κ1) is 22.8. The van der Waals surface area contributed by atoms with Crippen LogP contribution in [0, 0.1) is 0 Å². The molecule has 3 nitrogen and oxygen atoms in total. The van der Waals surface area contributed by atoms with Gasteiger partial charge < -0.3 is 9.88 Å². The standard InChI is InChI=1S/C22H25N3S.2ClH/c1-4-10-18(11-5-1)20-21(19-12-6-2-7-13-19)24-22(23-20)26-17-16-25-14-8-3-9-15-25;;/h1-2,4-7,10-13H,3,8-9,14-17H2,(H,23,24);2*1H. The summed E-state index contributed by atoms with van der Waals surface area (Å²) in [4.78, 5) is 11.1. The number of hydrogen-bond donors (Lipinski definition) is 1. The van der Waals surface area contributed by atoms with Crippen molar-refractivity contribution in [3.05, 3.63) is 60.7 Å². The summed E-state index contributed by atoms with van der Waals surface area (Å²) in [6, 6.07) is 20.9. The number of nitrogens with one attached hydrogen (secondary N) is 1. The van der Waals surface area contributed by atoms with Crippen LogP contribution < -0.4 is 0 Å². The number of hydrogen-bond acceptors (Lipinski definition) is 3. The van der Waals surface area contributed by atoms with E-state index in [2.05, 4.69) is 64.5 Å². The van der Waals surface area contributed by atoms with Gasteiger partial charge >= 0.3 is 0 Å². The van der Waals surface area contributed by atoms with Crippen molar-refractivity contribution in [2.24, 2.45) is 0 Å². The van der Waals surface area contributed by atoms with Gasteiger partial charge in [-0.05, 0) is 25.9 Å². The summed E-state index contributed by atoms with van der Waals surface area (Å²) in [7, 11) is 0. The molecule has 3 aromatic rings. The highest BCUT2D eigenvalue weighted by Crippen LogP contribution is 2.32. The van der Waals surface area contributed by atoms with E-state index in [1.807, 2.05) is 17.8 Å². The molecule has 1 saturated heterocycles. The molecule has 0 aliphatic carbocycles. The molecule has 0 unspecified atom stereocenters. The molecule has 0 spiro atoms. The number of rotatable bonds is 6. The van der Waals surface area contributed by atoms with E-state index in [0.29, 0.717) is 0 Å². The molecule has 1 N–H and O–H groups in total. The zero-order valence-electron chi connectivity index (χ0n) is 15.8. The van der Waals surface area contributed by atoms with E-state index >= 15 is 0 Å². The van der Waals surface area contributed by atoms with E-state index in [9.17, 15) is 0 Å².